The van der Waals surface area contributed by atoms with Gasteiger partial charge in [-0.3, -0.25) is 0 Å². The van der Waals surface area contributed by atoms with Gasteiger partial charge in [-0.15, -0.1) is 6.58 Å². The average Bonchev–Trinajstić information content (AvgIpc) is 2.31. The highest BCUT2D eigenvalue weighted by molar-refractivity contribution is 9.10. The molecule has 1 rings (SSSR count). The summed E-state index contributed by atoms with van der Waals surface area (Å²) in [5, 5.41) is 12.7. The number of nitrogens with one attached hydrogen (secondary N) is 1. The summed E-state index contributed by atoms with van der Waals surface area (Å²) in [5.74, 6) is 0.261. The predicted molar refractivity (Wildman–Crippen MR) is 73.1 cm³/mol. The van der Waals surface area contributed by atoms with Gasteiger partial charge in [0.15, 0.2) is 0 Å². The summed E-state index contributed by atoms with van der Waals surface area (Å²) in [4.78, 5) is 0. The van der Waals surface area contributed by atoms with Crippen LogP contribution < -0.4 is 5.32 Å². The van der Waals surface area contributed by atoms with Crippen molar-refractivity contribution in [2.75, 3.05) is 13.2 Å². The number of ether oxygens (including phenoxy) is 1. The molecular weight excluding hydrogens is 282 g/mol. The van der Waals surface area contributed by atoms with E-state index in [0.717, 1.165) is 18.7 Å². The number of phenolic OH excluding ortho intramolecular Hbond substituents is 1. The molecule has 4 heteroatoms. The Labute approximate surface area is 111 Å². The first-order valence-electron chi connectivity index (χ1n) is 5.54. The molecule has 0 saturated carbocycles. The lowest BCUT2D eigenvalue weighted by Crippen LogP contribution is -2.26. The minimum Gasteiger partial charge on any atom is -0.507 e. The van der Waals surface area contributed by atoms with Crippen LogP contribution in [0.3, 0.4) is 0 Å². The highest BCUT2D eigenvalue weighted by Gasteiger charge is 2.02. The van der Waals surface area contributed by atoms with Crippen LogP contribution in [-0.2, 0) is 11.3 Å². The lowest BCUT2D eigenvalue weighted by molar-refractivity contribution is 0.0877. The molecule has 0 aromatic heterocycles. The number of hydrogen-bond donors (Lipinski definition) is 2. The second kappa shape index (κ2) is 7.48. The van der Waals surface area contributed by atoms with E-state index in [0.29, 0.717) is 11.1 Å². The van der Waals surface area contributed by atoms with Crippen molar-refractivity contribution < 1.29 is 9.84 Å². The number of hydrogen-bond acceptors (Lipinski definition) is 3. The summed E-state index contributed by atoms with van der Waals surface area (Å²) in [6.07, 6.45) is 1.90. The zero-order chi connectivity index (χ0) is 12.7. The van der Waals surface area contributed by atoms with Gasteiger partial charge in [-0.25, -0.2) is 0 Å². The van der Waals surface area contributed by atoms with Gasteiger partial charge in [-0.05, 0) is 40.5 Å². The highest BCUT2D eigenvalue weighted by Crippen LogP contribution is 2.24. The van der Waals surface area contributed by atoms with E-state index in [1.807, 2.05) is 19.1 Å². The second-order valence-corrected chi connectivity index (χ2v) is 4.70. The fraction of sp³-hybridized carbons (Fsp3) is 0.385. The van der Waals surface area contributed by atoms with E-state index in [-0.39, 0.29) is 11.9 Å². The molecule has 0 saturated heterocycles. The molecule has 1 unspecified atom stereocenters. The van der Waals surface area contributed by atoms with Crippen LogP contribution in [0.4, 0.5) is 0 Å². The molecule has 0 spiro atoms. The van der Waals surface area contributed by atoms with Gasteiger partial charge < -0.3 is 15.2 Å². The zero-order valence-corrected chi connectivity index (χ0v) is 11.5. The van der Waals surface area contributed by atoms with Gasteiger partial charge in [-0.2, -0.15) is 0 Å². The smallest absolute Gasteiger partial charge is 0.129 e. The molecule has 0 fully saturated rings. The van der Waals surface area contributed by atoms with E-state index in [1.165, 1.54) is 0 Å². The van der Waals surface area contributed by atoms with E-state index >= 15 is 0 Å². The molecule has 2 N–H and O–H groups in total. The summed E-state index contributed by atoms with van der Waals surface area (Å²) < 4.78 is 6.16. The summed E-state index contributed by atoms with van der Waals surface area (Å²) in [7, 11) is 0. The number of rotatable bonds is 7. The van der Waals surface area contributed by atoms with Crippen LogP contribution in [0.1, 0.15) is 12.5 Å². The van der Waals surface area contributed by atoms with E-state index in [9.17, 15) is 5.11 Å². The van der Waals surface area contributed by atoms with Crippen LogP contribution >= 0.6 is 15.9 Å². The molecule has 17 heavy (non-hydrogen) atoms. The van der Waals surface area contributed by atoms with Crippen molar-refractivity contribution in [2.24, 2.45) is 0 Å². The normalized spacial score (nSPS) is 12.4. The third-order valence-corrected chi connectivity index (χ3v) is 2.91. The fourth-order valence-corrected chi connectivity index (χ4v) is 1.80. The monoisotopic (exact) mass is 299 g/mol. The molecule has 0 heterocycles. The van der Waals surface area contributed by atoms with Crippen molar-refractivity contribution in [1.82, 2.24) is 5.32 Å². The maximum Gasteiger partial charge on any atom is 0.129 e. The Morgan fingerprint density at radius 2 is 2.35 bits per heavy atom. The SMILES string of the molecule is C=CCOC(C)CNCc1ccc(O)c(Br)c1. The zero-order valence-electron chi connectivity index (χ0n) is 9.95. The van der Waals surface area contributed by atoms with Gasteiger partial charge in [0.05, 0.1) is 17.2 Å². The van der Waals surface area contributed by atoms with Crippen molar-refractivity contribution in [3.63, 3.8) is 0 Å². The van der Waals surface area contributed by atoms with Gasteiger partial charge in [0, 0.05) is 13.1 Å². The van der Waals surface area contributed by atoms with Crippen LogP contribution in [0, 0.1) is 0 Å². The van der Waals surface area contributed by atoms with E-state index in [4.69, 9.17) is 4.74 Å². The topological polar surface area (TPSA) is 41.5 Å². The Hall–Kier alpha value is -0.840. The van der Waals surface area contributed by atoms with Crippen LogP contribution in [0.25, 0.3) is 0 Å². The van der Waals surface area contributed by atoms with Crippen LogP contribution in [-0.4, -0.2) is 24.4 Å². The van der Waals surface area contributed by atoms with Gasteiger partial charge in [0.1, 0.15) is 5.75 Å². The number of halogens is 1. The Bertz CT molecular complexity index is 368. The molecule has 0 aliphatic rings. The van der Waals surface area contributed by atoms with E-state index in [1.54, 1.807) is 12.1 Å². The molecule has 94 valence electrons. The second-order valence-electron chi connectivity index (χ2n) is 3.85. The summed E-state index contributed by atoms with van der Waals surface area (Å²) in [6, 6.07) is 5.47. The summed E-state index contributed by atoms with van der Waals surface area (Å²) >= 11 is 3.29. The third-order valence-electron chi connectivity index (χ3n) is 2.27. The van der Waals surface area contributed by atoms with Crippen LogP contribution in [0.5, 0.6) is 5.75 Å². The number of phenols is 1. The Morgan fingerprint density at radius 3 is 3.00 bits per heavy atom. The van der Waals surface area contributed by atoms with Crippen molar-refractivity contribution in [2.45, 2.75) is 19.6 Å². The van der Waals surface area contributed by atoms with Crippen molar-refractivity contribution in [1.29, 1.82) is 0 Å². The molecule has 0 aliphatic carbocycles. The van der Waals surface area contributed by atoms with Crippen molar-refractivity contribution in [3.8, 4) is 5.75 Å². The highest BCUT2D eigenvalue weighted by atomic mass is 79.9. The van der Waals surface area contributed by atoms with Crippen molar-refractivity contribution in [3.05, 3.63) is 40.9 Å². The van der Waals surface area contributed by atoms with Gasteiger partial charge in [0.2, 0.25) is 0 Å². The molecule has 0 amide bonds. The minimum atomic E-state index is 0.161. The Morgan fingerprint density at radius 1 is 1.59 bits per heavy atom. The molecule has 0 radical (unpaired) electrons. The molecule has 3 nitrogen and oxygen atoms in total. The largest absolute Gasteiger partial charge is 0.507 e. The maximum absolute atomic E-state index is 9.36. The maximum atomic E-state index is 9.36. The number of aromatic hydroxyl groups is 1. The first kappa shape index (κ1) is 14.2. The van der Waals surface area contributed by atoms with Gasteiger partial charge in [-0.1, -0.05) is 12.1 Å². The lowest BCUT2D eigenvalue weighted by atomic mass is 10.2. The van der Waals surface area contributed by atoms with E-state index < -0.39 is 0 Å². The first-order valence-corrected chi connectivity index (χ1v) is 6.33. The predicted octanol–water partition coefficient (Wildman–Crippen LogP) is 2.84. The quantitative estimate of drug-likeness (QED) is 0.761. The summed E-state index contributed by atoms with van der Waals surface area (Å²) in [5.41, 5.74) is 1.12. The van der Waals surface area contributed by atoms with Crippen molar-refractivity contribution >= 4 is 15.9 Å². The fourth-order valence-electron chi connectivity index (χ4n) is 1.37. The lowest BCUT2D eigenvalue weighted by Gasteiger charge is -2.12. The first-order chi connectivity index (χ1) is 8.13. The molecule has 0 bridgehead atoms. The van der Waals surface area contributed by atoms with Gasteiger partial charge >= 0.3 is 0 Å². The Kier molecular flexibility index (Phi) is 6.26. The molecule has 1 aromatic carbocycles. The molecule has 1 aromatic rings. The average molecular weight is 300 g/mol. The number of benzene rings is 1. The van der Waals surface area contributed by atoms with Crippen LogP contribution in [0.15, 0.2) is 35.3 Å². The third kappa shape index (κ3) is 5.35. The van der Waals surface area contributed by atoms with Gasteiger partial charge in [0.25, 0.3) is 0 Å². The minimum absolute atomic E-state index is 0.161. The molecule has 1 atom stereocenters. The van der Waals surface area contributed by atoms with E-state index in [2.05, 4.69) is 27.8 Å². The molecular formula is C13H18BrNO2. The van der Waals surface area contributed by atoms with Crippen LogP contribution in [0.2, 0.25) is 0 Å². The Balaban J connectivity index is 2.30. The summed E-state index contributed by atoms with van der Waals surface area (Å²) in [6.45, 7) is 7.73. The molecule has 0 aliphatic heterocycles. The standard InChI is InChI=1S/C13H18BrNO2/c1-3-6-17-10(2)8-15-9-11-4-5-13(16)12(14)7-11/h3-5,7,10,15-16H,1,6,8-9H2,2H3.